The average Bonchev–Trinajstić information content (AvgIpc) is 2.93. The van der Waals surface area contributed by atoms with Crippen molar-refractivity contribution in [1.82, 2.24) is 20.1 Å². The zero-order valence-corrected chi connectivity index (χ0v) is 15.9. The van der Waals surface area contributed by atoms with E-state index in [2.05, 4.69) is 20.5 Å². The number of carbonyl (C=O) groups excluding carboxylic acids is 1. The normalized spacial score (nSPS) is 10.5. The number of aryl methyl sites for hydroxylation is 2. The van der Waals surface area contributed by atoms with Gasteiger partial charge in [-0.2, -0.15) is 5.10 Å². The number of aliphatic carboxylic acids is 1. The number of carboxylic acid groups (broad SMARTS) is 1. The quantitative estimate of drug-likeness (QED) is 0.646. The molecular formula is C17H24ClN5O3. The number of hydrogen-bond donors (Lipinski definition) is 3. The van der Waals surface area contributed by atoms with Crippen molar-refractivity contribution in [3.05, 3.63) is 29.6 Å². The van der Waals surface area contributed by atoms with Crippen LogP contribution >= 0.6 is 12.4 Å². The molecule has 0 aliphatic carbocycles. The number of carboxylic acids is 1. The van der Waals surface area contributed by atoms with Crippen molar-refractivity contribution in [3.8, 4) is 11.4 Å². The molecule has 1 aromatic carbocycles. The Morgan fingerprint density at radius 1 is 1.27 bits per heavy atom. The minimum absolute atomic E-state index is 0. The molecule has 0 bridgehead atoms. The molecule has 0 aliphatic rings. The molecule has 0 radical (unpaired) electrons. The SMILES string of the molecule is CCCN(CC(=O)O)CC(=O)Nc1cc(C)ccc1-c1n[nH]c(C)n1.Cl. The molecule has 8 nitrogen and oxygen atoms in total. The van der Waals surface area contributed by atoms with E-state index in [1.165, 1.54) is 0 Å². The number of halogens is 1. The lowest BCUT2D eigenvalue weighted by atomic mass is 10.1. The van der Waals surface area contributed by atoms with E-state index in [-0.39, 0.29) is 31.4 Å². The van der Waals surface area contributed by atoms with Gasteiger partial charge in [-0.1, -0.05) is 13.0 Å². The van der Waals surface area contributed by atoms with Crippen LogP contribution in [0.25, 0.3) is 11.4 Å². The van der Waals surface area contributed by atoms with E-state index in [0.717, 1.165) is 12.0 Å². The van der Waals surface area contributed by atoms with Crippen molar-refractivity contribution in [2.24, 2.45) is 0 Å². The van der Waals surface area contributed by atoms with Crippen molar-refractivity contribution >= 4 is 30.0 Å². The minimum atomic E-state index is -0.950. The molecule has 1 amide bonds. The molecule has 0 fully saturated rings. The summed E-state index contributed by atoms with van der Waals surface area (Å²) in [4.78, 5) is 29.2. The Bertz CT molecular complexity index is 763. The summed E-state index contributed by atoms with van der Waals surface area (Å²) in [5, 5.41) is 18.7. The minimum Gasteiger partial charge on any atom is -0.480 e. The molecule has 0 saturated heterocycles. The Balaban J connectivity index is 0.00000338. The Kier molecular flexibility index (Phi) is 8.21. The summed E-state index contributed by atoms with van der Waals surface area (Å²) in [6.45, 7) is 6.06. The fraction of sp³-hybridized carbons (Fsp3) is 0.412. The van der Waals surface area contributed by atoms with Gasteiger partial charge in [0.1, 0.15) is 5.82 Å². The predicted molar refractivity (Wildman–Crippen MR) is 102 cm³/mol. The van der Waals surface area contributed by atoms with E-state index in [0.29, 0.717) is 29.4 Å². The van der Waals surface area contributed by atoms with Crippen LogP contribution in [0.3, 0.4) is 0 Å². The molecule has 2 rings (SSSR count). The van der Waals surface area contributed by atoms with Gasteiger partial charge in [0.2, 0.25) is 5.91 Å². The molecular weight excluding hydrogens is 358 g/mol. The first kappa shape index (κ1) is 21.6. The Morgan fingerprint density at radius 2 is 2.00 bits per heavy atom. The third kappa shape index (κ3) is 6.12. The zero-order valence-electron chi connectivity index (χ0n) is 15.1. The standard InChI is InChI=1S/C17H23N5O3.ClH/c1-4-7-22(10-16(24)25)9-15(23)19-14-8-11(2)5-6-13(14)17-18-12(3)20-21-17;/h5-6,8H,4,7,9-10H2,1-3H3,(H,19,23)(H,24,25)(H,18,20,21);1H. The highest BCUT2D eigenvalue weighted by Crippen LogP contribution is 2.26. The fourth-order valence-corrected chi connectivity index (χ4v) is 2.53. The number of rotatable bonds is 8. The fourth-order valence-electron chi connectivity index (χ4n) is 2.53. The summed E-state index contributed by atoms with van der Waals surface area (Å²) in [6, 6.07) is 5.62. The van der Waals surface area contributed by atoms with E-state index in [1.54, 1.807) is 11.8 Å². The van der Waals surface area contributed by atoms with Gasteiger partial charge >= 0.3 is 5.97 Å². The van der Waals surface area contributed by atoms with Crippen LogP contribution in [-0.4, -0.2) is 56.7 Å². The molecule has 3 N–H and O–H groups in total. The van der Waals surface area contributed by atoms with Crippen molar-refractivity contribution in [2.45, 2.75) is 27.2 Å². The smallest absolute Gasteiger partial charge is 0.317 e. The number of anilines is 1. The molecule has 0 aliphatic heterocycles. The van der Waals surface area contributed by atoms with Crippen LogP contribution in [0.4, 0.5) is 5.69 Å². The van der Waals surface area contributed by atoms with Gasteiger partial charge in [-0.25, -0.2) is 4.98 Å². The summed E-state index contributed by atoms with van der Waals surface area (Å²) in [5.41, 5.74) is 2.31. The largest absolute Gasteiger partial charge is 0.480 e. The Labute approximate surface area is 158 Å². The van der Waals surface area contributed by atoms with Gasteiger partial charge in [-0.05, 0) is 44.5 Å². The van der Waals surface area contributed by atoms with Crippen LogP contribution in [-0.2, 0) is 9.59 Å². The maximum absolute atomic E-state index is 12.4. The van der Waals surface area contributed by atoms with Gasteiger partial charge in [0.05, 0.1) is 18.8 Å². The predicted octanol–water partition coefficient (Wildman–Crippen LogP) is 2.25. The van der Waals surface area contributed by atoms with Gasteiger partial charge in [-0.15, -0.1) is 12.4 Å². The molecule has 0 unspecified atom stereocenters. The maximum Gasteiger partial charge on any atom is 0.317 e. The topological polar surface area (TPSA) is 111 Å². The molecule has 1 aromatic heterocycles. The first-order valence-corrected chi connectivity index (χ1v) is 8.13. The highest BCUT2D eigenvalue weighted by Gasteiger charge is 2.16. The summed E-state index contributed by atoms with van der Waals surface area (Å²) >= 11 is 0. The summed E-state index contributed by atoms with van der Waals surface area (Å²) in [5.74, 6) is -0.0327. The van der Waals surface area contributed by atoms with E-state index < -0.39 is 5.97 Å². The number of hydrogen-bond acceptors (Lipinski definition) is 5. The molecule has 2 aromatic rings. The molecule has 0 atom stereocenters. The van der Waals surface area contributed by atoms with Crippen LogP contribution < -0.4 is 5.32 Å². The van der Waals surface area contributed by atoms with E-state index in [9.17, 15) is 9.59 Å². The highest BCUT2D eigenvalue weighted by atomic mass is 35.5. The van der Waals surface area contributed by atoms with Crippen LogP contribution in [0.2, 0.25) is 0 Å². The van der Waals surface area contributed by atoms with Crippen LogP contribution in [0.5, 0.6) is 0 Å². The van der Waals surface area contributed by atoms with Gasteiger partial charge in [0.25, 0.3) is 0 Å². The monoisotopic (exact) mass is 381 g/mol. The van der Waals surface area contributed by atoms with Crippen molar-refractivity contribution in [3.63, 3.8) is 0 Å². The first-order valence-electron chi connectivity index (χ1n) is 8.13. The van der Waals surface area contributed by atoms with Crippen LogP contribution in [0.1, 0.15) is 24.7 Å². The van der Waals surface area contributed by atoms with E-state index in [1.807, 2.05) is 32.0 Å². The lowest BCUT2D eigenvalue weighted by molar-refractivity contribution is -0.138. The third-order valence-electron chi connectivity index (χ3n) is 3.55. The molecule has 142 valence electrons. The second-order valence-electron chi connectivity index (χ2n) is 5.95. The molecule has 9 heteroatoms. The number of amides is 1. The van der Waals surface area contributed by atoms with Crippen molar-refractivity contribution in [2.75, 3.05) is 25.0 Å². The lowest BCUT2D eigenvalue weighted by Gasteiger charge is -2.19. The van der Waals surface area contributed by atoms with Crippen LogP contribution in [0.15, 0.2) is 18.2 Å². The second kappa shape index (κ2) is 9.88. The number of nitrogens with one attached hydrogen (secondary N) is 2. The number of nitrogens with zero attached hydrogens (tertiary/aromatic N) is 3. The number of aromatic amines is 1. The van der Waals surface area contributed by atoms with Crippen LogP contribution in [0, 0.1) is 13.8 Å². The van der Waals surface area contributed by atoms with E-state index >= 15 is 0 Å². The van der Waals surface area contributed by atoms with Gasteiger partial charge < -0.3 is 10.4 Å². The van der Waals surface area contributed by atoms with Crippen molar-refractivity contribution in [1.29, 1.82) is 0 Å². The number of aromatic nitrogens is 3. The highest BCUT2D eigenvalue weighted by molar-refractivity contribution is 5.96. The summed E-state index contributed by atoms with van der Waals surface area (Å²) < 4.78 is 0. The Hall–Kier alpha value is -2.45. The first-order chi connectivity index (χ1) is 11.9. The summed E-state index contributed by atoms with van der Waals surface area (Å²) in [7, 11) is 0. The zero-order chi connectivity index (χ0) is 18.4. The number of benzene rings is 1. The van der Waals surface area contributed by atoms with Gasteiger partial charge in [-0.3, -0.25) is 19.6 Å². The van der Waals surface area contributed by atoms with Gasteiger partial charge in [0, 0.05) is 5.56 Å². The maximum atomic E-state index is 12.4. The average molecular weight is 382 g/mol. The molecule has 0 spiro atoms. The summed E-state index contributed by atoms with van der Waals surface area (Å²) in [6.07, 6.45) is 0.771. The Morgan fingerprint density at radius 3 is 2.58 bits per heavy atom. The lowest BCUT2D eigenvalue weighted by Crippen LogP contribution is -2.37. The molecule has 0 saturated carbocycles. The number of carbonyl (C=O) groups is 2. The number of H-pyrrole nitrogens is 1. The molecule has 1 heterocycles. The van der Waals surface area contributed by atoms with E-state index in [4.69, 9.17) is 5.11 Å². The van der Waals surface area contributed by atoms with Crippen molar-refractivity contribution < 1.29 is 14.7 Å². The van der Waals surface area contributed by atoms with Gasteiger partial charge in [0.15, 0.2) is 5.82 Å². The third-order valence-corrected chi connectivity index (χ3v) is 3.55. The second-order valence-corrected chi connectivity index (χ2v) is 5.95. The molecule has 26 heavy (non-hydrogen) atoms.